The highest BCUT2D eigenvalue weighted by Crippen LogP contribution is 2.36. The fourth-order valence-electron chi connectivity index (χ4n) is 3.64. The molecule has 1 aliphatic heterocycles. The second-order valence-electron chi connectivity index (χ2n) is 6.33. The van der Waals surface area contributed by atoms with E-state index in [9.17, 15) is 0 Å². The van der Waals surface area contributed by atoms with Crippen molar-refractivity contribution in [3.63, 3.8) is 0 Å². The van der Waals surface area contributed by atoms with Crippen molar-refractivity contribution in [1.29, 1.82) is 0 Å². The summed E-state index contributed by atoms with van der Waals surface area (Å²) in [6, 6.07) is 8.20. The molecular formula is C19H22N4. The fraction of sp³-hybridized carbons (Fsp3) is 0.368. The van der Waals surface area contributed by atoms with Gasteiger partial charge in [0, 0.05) is 42.9 Å². The van der Waals surface area contributed by atoms with E-state index in [-0.39, 0.29) is 0 Å². The Labute approximate surface area is 136 Å². The van der Waals surface area contributed by atoms with Gasteiger partial charge < -0.3 is 9.88 Å². The molecule has 4 heteroatoms. The zero-order valence-corrected chi connectivity index (χ0v) is 13.5. The van der Waals surface area contributed by atoms with Gasteiger partial charge in [-0.1, -0.05) is 19.4 Å². The van der Waals surface area contributed by atoms with E-state index in [1.165, 1.54) is 30.3 Å². The van der Waals surface area contributed by atoms with Crippen molar-refractivity contribution in [3.8, 4) is 11.3 Å². The number of nitrogens with one attached hydrogen (secondary N) is 1. The van der Waals surface area contributed by atoms with Gasteiger partial charge in [0.1, 0.15) is 5.65 Å². The van der Waals surface area contributed by atoms with Crippen LogP contribution in [0.5, 0.6) is 0 Å². The van der Waals surface area contributed by atoms with Crippen LogP contribution in [0.4, 0.5) is 5.69 Å². The van der Waals surface area contributed by atoms with Crippen LogP contribution in [0.1, 0.15) is 26.2 Å². The van der Waals surface area contributed by atoms with Gasteiger partial charge in [-0.15, -0.1) is 0 Å². The monoisotopic (exact) mass is 306 g/mol. The number of hydrogen-bond donors (Lipinski definition) is 1. The lowest BCUT2D eigenvalue weighted by molar-refractivity contribution is 0.405. The number of hydrogen-bond acceptors (Lipinski definition) is 3. The third kappa shape index (κ3) is 2.58. The van der Waals surface area contributed by atoms with Crippen LogP contribution >= 0.6 is 0 Å². The van der Waals surface area contributed by atoms with E-state index in [0.29, 0.717) is 0 Å². The third-order valence-electron chi connectivity index (χ3n) is 4.93. The van der Waals surface area contributed by atoms with Crippen LogP contribution in [-0.2, 0) is 0 Å². The zero-order valence-electron chi connectivity index (χ0n) is 13.5. The summed E-state index contributed by atoms with van der Waals surface area (Å²) < 4.78 is 0. The first-order chi connectivity index (χ1) is 11.4. The van der Waals surface area contributed by atoms with Crippen LogP contribution in [0.15, 0.2) is 42.9 Å². The molecule has 4 heterocycles. The van der Waals surface area contributed by atoms with Gasteiger partial charge in [-0.05, 0) is 37.0 Å². The Hall–Kier alpha value is -2.36. The maximum Gasteiger partial charge on any atom is 0.140 e. The Kier molecular flexibility index (Phi) is 3.74. The summed E-state index contributed by atoms with van der Waals surface area (Å²) in [6.07, 6.45) is 9.66. The van der Waals surface area contributed by atoms with Gasteiger partial charge >= 0.3 is 0 Å². The fourth-order valence-corrected chi connectivity index (χ4v) is 3.64. The molecule has 0 aliphatic carbocycles. The van der Waals surface area contributed by atoms with Gasteiger partial charge in [0.25, 0.3) is 0 Å². The van der Waals surface area contributed by atoms with Crippen molar-refractivity contribution >= 4 is 16.7 Å². The van der Waals surface area contributed by atoms with E-state index >= 15 is 0 Å². The number of pyridine rings is 2. The number of H-pyrrole nitrogens is 1. The molecule has 1 aliphatic rings. The minimum atomic E-state index is 0.796. The Morgan fingerprint density at radius 1 is 1.22 bits per heavy atom. The molecule has 0 saturated carbocycles. The van der Waals surface area contributed by atoms with E-state index in [2.05, 4.69) is 38.9 Å². The summed E-state index contributed by atoms with van der Waals surface area (Å²) in [5.74, 6) is 0.796. The van der Waals surface area contributed by atoms with Crippen molar-refractivity contribution < 1.29 is 0 Å². The molecule has 4 nitrogen and oxygen atoms in total. The number of aromatic nitrogens is 3. The first kappa shape index (κ1) is 14.2. The molecule has 1 atom stereocenters. The van der Waals surface area contributed by atoms with Gasteiger partial charge in [-0.2, -0.15) is 0 Å². The highest BCUT2D eigenvalue weighted by molar-refractivity contribution is 6.01. The zero-order chi connectivity index (χ0) is 15.6. The first-order valence-corrected chi connectivity index (χ1v) is 8.49. The maximum atomic E-state index is 4.52. The van der Waals surface area contributed by atoms with Crippen molar-refractivity contribution in [1.82, 2.24) is 15.0 Å². The smallest absolute Gasteiger partial charge is 0.140 e. The molecule has 3 aromatic rings. The van der Waals surface area contributed by atoms with E-state index in [0.717, 1.165) is 35.9 Å². The second-order valence-corrected chi connectivity index (χ2v) is 6.33. The summed E-state index contributed by atoms with van der Waals surface area (Å²) >= 11 is 0. The number of nitrogens with zero attached hydrogens (tertiary/aromatic N) is 3. The Balaban J connectivity index is 1.82. The first-order valence-electron chi connectivity index (χ1n) is 8.49. The van der Waals surface area contributed by atoms with E-state index < -0.39 is 0 Å². The normalized spacial score (nSPS) is 18.5. The minimum Gasteiger partial charge on any atom is -0.371 e. The molecule has 1 fully saturated rings. The van der Waals surface area contributed by atoms with Crippen LogP contribution in [0.25, 0.3) is 22.3 Å². The van der Waals surface area contributed by atoms with E-state index in [1.807, 2.05) is 30.7 Å². The molecule has 118 valence electrons. The standard InChI is InChI=1S/C19H22N4/c1-2-14-6-5-11-23(13-14)17-8-10-21-19-18(17)15(12-22-19)16-7-3-4-9-20-16/h3-4,7-10,12,14H,2,5-6,11,13H2,1H3,(H,21,22)/t14-/m0/s1. The van der Waals surface area contributed by atoms with Gasteiger partial charge in [0.05, 0.1) is 11.1 Å². The number of rotatable bonds is 3. The van der Waals surface area contributed by atoms with Crippen molar-refractivity contribution in [2.24, 2.45) is 5.92 Å². The SMILES string of the molecule is CC[C@H]1CCCN(c2ccnc3[nH]cc(-c4ccccn4)c23)C1. The lowest BCUT2D eigenvalue weighted by atomic mass is 9.95. The van der Waals surface area contributed by atoms with Crippen molar-refractivity contribution in [3.05, 3.63) is 42.9 Å². The van der Waals surface area contributed by atoms with Gasteiger partial charge in [0.15, 0.2) is 0 Å². The number of piperidine rings is 1. The molecule has 1 N–H and O–H groups in total. The molecule has 1 saturated heterocycles. The average molecular weight is 306 g/mol. The van der Waals surface area contributed by atoms with Gasteiger partial charge in [0.2, 0.25) is 0 Å². The molecule has 0 bridgehead atoms. The predicted octanol–water partition coefficient (Wildman–Crippen LogP) is 4.25. The molecule has 3 aromatic heterocycles. The van der Waals surface area contributed by atoms with Gasteiger partial charge in [-0.25, -0.2) is 4.98 Å². The number of aromatic amines is 1. The summed E-state index contributed by atoms with van der Waals surface area (Å²) in [5, 5.41) is 1.20. The molecule has 0 radical (unpaired) electrons. The Bertz CT molecular complexity index is 793. The minimum absolute atomic E-state index is 0.796. The lowest BCUT2D eigenvalue weighted by Crippen LogP contribution is -2.35. The Morgan fingerprint density at radius 2 is 2.17 bits per heavy atom. The highest BCUT2D eigenvalue weighted by atomic mass is 15.1. The van der Waals surface area contributed by atoms with Crippen LogP contribution in [0.3, 0.4) is 0 Å². The van der Waals surface area contributed by atoms with E-state index in [4.69, 9.17) is 0 Å². The number of fused-ring (bicyclic) bond motifs is 1. The Morgan fingerprint density at radius 3 is 3.00 bits per heavy atom. The summed E-state index contributed by atoms with van der Waals surface area (Å²) in [5.41, 5.74) is 4.37. The third-order valence-corrected chi connectivity index (χ3v) is 4.93. The van der Waals surface area contributed by atoms with Crippen LogP contribution in [0.2, 0.25) is 0 Å². The molecule has 0 aromatic carbocycles. The summed E-state index contributed by atoms with van der Waals surface area (Å²) in [6.45, 7) is 4.57. The summed E-state index contributed by atoms with van der Waals surface area (Å²) in [7, 11) is 0. The number of anilines is 1. The molecular weight excluding hydrogens is 284 g/mol. The van der Waals surface area contributed by atoms with Crippen LogP contribution in [0, 0.1) is 5.92 Å². The molecule has 23 heavy (non-hydrogen) atoms. The van der Waals surface area contributed by atoms with Crippen molar-refractivity contribution in [2.75, 3.05) is 18.0 Å². The molecule has 0 amide bonds. The molecule has 4 rings (SSSR count). The van der Waals surface area contributed by atoms with E-state index in [1.54, 1.807) is 0 Å². The maximum absolute atomic E-state index is 4.52. The lowest BCUT2D eigenvalue weighted by Gasteiger charge is -2.34. The topological polar surface area (TPSA) is 44.8 Å². The largest absolute Gasteiger partial charge is 0.371 e. The predicted molar refractivity (Wildman–Crippen MR) is 94.6 cm³/mol. The van der Waals surface area contributed by atoms with Gasteiger partial charge in [-0.3, -0.25) is 4.98 Å². The highest BCUT2D eigenvalue weighted by Gasteiger charge is 2.22. The average Bonchev–Trinajstić information content (AvgIpc) is 3.06. The molecule has 0 unspecified atom stereocenters. The van der Waals surface area contributed by atoms with Crippen LogP contribution < -0.4 is 4.90 Å². The second kappa shape index (κ2) is 6.03. The quantitative estimate of drug-likeness (QED) is 0.786. The van der Waals surface area contributed by atoms with Crippen molar-refractivity contribution in [2.45, 2.75) is 26.2 Å². The molecule has 0 spiro atoms. The summed E-state index contributed by atoms with van der Waals surface area (Å²) in [4.78, 5) is 14.9. The van der Waals surface area contributed by atoms with Crippen LogP contribution in [-0.4, -0.2) is 28.0 Å².